The Morgan fingerprint density at radius 3 is 2.48 bits per heavy atom. The van der Waals surface area contributed by atoms with Gasteiger partial charge >= 0.3 is 0 Å². The average molecular weight is 414 g/mol. The Balaban J connectivity index is 1.79. The molecule has 0 amide bonds. The summed E-state index contributed by atoms with van der Waals surface area (Å²) in [4.78, 5) is 4.24. The first-order valence-electron chi connectivity index (χ1n) is 9.03. The standard InChI is InChI=1S/C22H18ClF2N3O/c1-12-7-19-21(15-9-13(2)22(23)26-10-15)14(3)27-28(19)20(8-12)29-11-16-17(24)5-4-6-18(16)25/h4-10H,11H2,1-3H3. The molecule has 0 aliphatic rings. The predicted molar refractivity (Wildman–Crippen MR) is 108 cm³/mol. The smallest absolute Gasteiger partial charge is 0.215 e. The number of aromatic nitrogens is 3. The summed E-state index contributed by atoms with van der Waals surface area (Å²) in [6.45, 7) is 5.46. The van der Waals surface area contributed by atoms with Gasteiger partial charge in [-0.15, -0.1) is 0 Å². The number of fused-ring (bicyclic) bond motifs is 1. The first-order chi connectivity index (χ1) is 13.8. The molecule has 4 nitrogen and oxygen atoms in total. The second kappa shape index (κ2) is 7.44. The molecule has 1 aromatic carbocycles. The van der Waals surface area contributed by atoms with E-state index in [4.69, 9.17) is 16.3 Å². The van der Waals surface area contributed by atoms with Crippen LogP contribution < -0.4 is 4.74 Å². The Morgan fingerprint density at radius 1 is 1.07 bits per heavy atom. The molecular weight excluding hydrogens is 396 g/mol. The van der Waals surface area contributed by atoms with Crippen molar-refractivity contribution in [3.63, 3.8) is 0 Å². The van der Waals surface area contributed by atoms with E-state index in [9.17, 15) is 8.78 Å². The van der Waals surface area contributed by atoms with Crippen molar-refractivity contribution >= 4 is 17.1 Å². The van der Waals surface area contributed by atoms with E-state index in [1.807, 2.05) is 32.9 Å². The number of nitrogens with zero attached hydrogens (tertiary/aromatic N) is 3. The molecule has 0 aliphatic carbocycles. The minimum absolute atomic E-state index is 0.121. The molecule has 148 valence electrons. The minimum atomic E-state index is -0.644. The second-order valence-corrected chi connectivity index (χ2v) is 7.31. The van der Waals surface area contributed by atoms with Crippen molar-refractivity contribution < 1.29 is 13.5 Å². The van der Waals surface area contributed by atoms with Gasteiger partial charge in [0.05, 0.1) is 16.8 Å². The summed E-state index contributed by atoms with van der Waals surface area (Å²) in [5.74, 6) is -0.890. The maximum Gasteiger partial charge on any atom is 0.215 e. The van der Waals surface area contributed by atoms with E-state index in [2.05, 4.69) is 10.1 Å². The molecule has 4 rings (SSSR count). The van der Waals surface area contributed by atoms with Gasteiger partial charge < -0.3 is 4.74 Å². The number of hydrogen-bond donors (Lipinski definition) is 0. The van der Waals surface area contributed by atoms with E-state index >= 15 is 0 Å². The molecule has 0 saturated carbocycles. The van der Waals surface area contributed by atoms with Gasteiger partial charge in [0, 0.05) is 23.4 Å². The molecule has 0 atom stereocenters. The van der Waals surface area contributed by atoms with Crippen LogP contribution >= 0.6 is 11.6 Å². The van der Waals surface area contributed by atoms with Crippen LogP contribution in [0.4, 0.5) is 8.78 Å². The van der Waals surface area contributed by atoms with Crippen LogP contribution in [-0.4, -0.2) is 14.6 Å². The van der Waals surface area contributed by atoms with E-state index in [1.54, 1.807) is 16.8 Å². The molecule has 7 heteroatoms. The van der Waals surface area contributed by atoms with E-state index in [-0.39, 0.29) is 12.2 Å². The third kappa shape index (κ3) is 3.56. The van der Waals surface area contributed by atoms with Crippen molar-refractivity contribution in [2.45, 2.75) is 27.4 Å². The largest absolute Gasteiger partial charge is 0.473 e. The molecule has 0 saturated heterocycles. The molecule has 29 heavy (non-hydrogen) atoms. The van der Waals surface area contributed by atoms with Gasteiger partial charge in [0.15, 0.2) is 0 Å². The topological polar surface area (TPSA) is 39.4 Å². The van der Waals surface area contributed by atoms with E-state index < -0.39 is 11.6 Å². The Hall–Kier alpha value is -2.99. The summed E-state index contributed by atoms with van der Waals surface area (Å²) in [5.41, 5.74) is 5.06. The van der Waals surface area contributed by atoms with Gasteiger partial charge in [-0.2, -0.15) is 5.10 Å². The third-order valence-electron chi connectivity index (χ3n) is 4.75. The summed E-state index contributed by atoms with van der Waals surface area (Å²) in [5, 5.41) is 5.04. The number of halogens is 3. The summed E-state index contributed by atoms with van der Waals surface area (Å²) in [7, 11) is 0. The van der Waals surface area contributed by atoms with Crippen molar-refractivity contribution in [1.29, 1.82) is 0 Å². The molecule has 0 spiro atoms. The van der Waals surface area contributed by atoms with E-state index in [0.29, 0.717) is 11.0 Å². The van der Waals surface area contributed by atoms with Crippen molar-refractivity contribution in [2.75, 3.05) is 0 Å². The van der Waals surface area contributed by atoms with E-state index in [0.717, 1.165) is 33.5 Å². The Kier molecular flexibility index (Phi) is 4.96. The maximum atomic E-state index is 13.9. The van der Waals surface area contributed by atoms with Gasteiger partial charge in [0.25, 0.3) is 0 Å². The van der Waals surface area contributed by atoms with Crippen LogP contribution in [0.15, 0.2) is 42.6 Å². The molecule has 0 bridgehead atoms. The Labute approximate surface area is 171 Å². The molecule has 3 heterocycles. The highest BCUT2D eigenvalue weighted by molar-refractivity contribution is 6.30. The summed E-state index contributed by atoms with van der Waals surface area (Å²) in [6, 6.07) is 9.46. The molecule has 0 N–H and O–H groups in total. The van der Waals surface area contributed by atoms with Gasteiger partial charge in [-0.05, 0) is 56.2 Å². The van der Waals surface area contributed by atoms with Gasteiger partial charge in [-0.3, -0.25) is 0 Å². The Bertz CT molecular complexity index is 1220. The highest BCUT2D eigenvalue weighted by atomic mass is 35.5. The number of pyridine rings is 2. The van der Waals surface area contributed by atoms with E-state index in [1.165, 1.54) is 18.2 Å². The molecule has 4 aromatic rings. The van der Waals surface area contributed by atoms with Crippen LogP contribution in [0.2, 0.25) is 5.15 Å². The number of benzene rings is 1. The van der Waals surface area contributed by atoms with Crippen LogP contribution in [0.25, 0.3) is 16.6 Å². The zero-order chi connectivity index (χ0) is 20.7. The first kappa shape index (κ1) is 19.3. The van der Waals surface area contributed by atoms with Gasteiger partial charge in [-0.25, -0.2) is 18.3 Å². The lowest BCUT2D eigenvalue weighted by molar-refractivity contribution is 0.274. The summed E-state index contributed by atoms with van der Waals surface area (Å²) >= 11 is 6.06. The lowest BCUT2D eigenvalue weighted by Crippen LogP contribution is -2.05. The predicted octanol–water partition coefficient (Wildman–Crippen LogP) is 5.83. The van der Waals surface area contributed by atoms with Crippen LogP contribution in [0.5, 0.6) is 5.88 Å². The third-order valence-corrected chi connectivity index (χ3v) is 5.15. The Morgan fingerprint density at radius 2 is 1.79 bits per heavy atom. The fourth-order valence-electron chi connectivity index (χ4n) is 3.33. The summed E-state index contributed by atoms with van der Waals surface area (Å²) in [6.07, 6.45) is 1.71. The highest BCUT2D eigenvalue weighted by Gasteiger charge is 2.17. The van der Waals surface area contributed by atoms with Crippen LogP contribution in [-0.2, 0) is 6.61 Å². The molecule has 0 aliphatic heterocycles. The van der Waals surface area contributed by atoms with Gasteiger partial charge in [-0.1, -0.05) is 17.7 Å². The SMILES string of the molecule is Cc1cc(OCc2c(F)cccc2F)n2nc(C)c(-c3cnc(Cl)c(C)c3)c2c1. The fraction of sp³-hybridized carbons (Fsp3) is 0.182. The lowest BCUT2D eigenvalue weighted by Gasteiger charge is -2.11. The molecule has 0 radical (unpaired) electrons. The molecular formula is C22H18ClF2N3O. The minimum Gasteiger partial charge on any atom is -0.473 e. The van der Waals surface area contributed by atoms with Crippen LogP contribution in [0.1, 0.15) is 22.4 Å². The highest BCUT2D eigenvalue weighted by Crippen LogP contribution is 2.32. The van der Waals surface area contributed by atoms with Crippen molar-refractivity contribution in [3.8, 4) is 17.0 Å². The zero-order valence-electron chi connectivity index (χ0n) is 16.1. The van der Waals surface area contributed by atoms with Gasteiger partial charge in [0.2, 0.25) is 5.88 Å². The number of aryl methyl sites for hydroxylation is 3. The fourth-order valence-corrected chi connectivity index (χ4v) is 3.43. The van der Waals surface area contributed by atoms with Gasteiger partial charge in [0.1, 0.15) is 23.4 Å². The number of rotatable bonds is 4. The zero-order valence-corrected chi connectivity index (χ0v) is 16.9. The maximum absolute atomic E-state index is 13.9. The normalized spacial score (nSPS) is 11.2. The number of hydrogen-bond acceptors (Lipinski definition) is 3. The second-order valence-electron chi connectivity index (χ2n) is 6.95. The molecule has 0 unspecified atom stereocenters. The van der Waals surface area contributed by atoms with Crippen molar-refractivity contribution in [2.24, 2.45) is 0 Å². The molecule has 0 fully saturated rings. The van der Waals surface area contributed by atoms with Crippen LogP contribution in [0, 0.1) is 32.4 Å². The average Bonchev–Trinajstić information content (AvgIpc) is 2.99. The van der Waals surface area contributed by atoms with Crippen LogP contribution in [0.3, 0.4) is 0 Å². The summed E-state index contributed by atoms with van der Waals surface area (Å²) < 4.78 is 35.3. The van der Waals surface area contributed by atoms with Crippen molar-refractivity contribution in [3.05, 3.63) is 81.8 Å². The molecule has 3 aromatic heterocycles. The quantitative estimate of drug-likeness (QED) is 0.395. The monoisotopic (exact) mass is 413 g/mol. The first-order valence-corrected chi connectivity index (χ1v) is 9.41. The van der Waals surface area contributed by atoms with Crippen molar-refractivity contribution in [1.82, 2.24) is 14.6 Å². The number of ether oxygens (including phenoxy) is 1. The lowest BCUT2D eigenvalue weighted by atomic mass is 10.0.